The van der Waals surface area contributed by atoms with Crippen LogP contribution in [-0.2, 0) is 17.7 Å². The van der Waals surface area contributed by atoms with Crippen LogP contribution in [0.15, 0.2) is 59.4 Å². The molecule has 0 bridgehead atoms. The van der Waals surface area contributed by atoms with Gasteiger partial charge in [0.15, 0.2) is 0 Å². The molecule has 2 aromatic carbocycles. The number of hydrogen-bond donors (Lipinski definition) is 1. The Balaban J connectivity index is 1.76. The van der Waals surface area contributed by atoms with E-state index in [1.54, 1.807) is 8.97 Å². The van der Waals surface area contributed by atoms with E-state index in [0.717, 1.165) is 36.0 Å². The summed E-state index contributed by atoms with van der Waals surface area (Å²) >= 11 is 0. The molecule has 142 valence electrons. The molecule has 6 nitrogen and oxygen atoms in total. The van der Waals surface area contributed by atoms with Crippen LogP contribution >= 0.6 is 0 Å². The van der Waals surface area contributed by atoms with E-state index in [9.17, 15) is 9.90 Å². The van der Waals surface area contributed by atoms with Gasteiger partial charge in [0.1, 0.15) is 0 Å². The second-order valence-electron chi connectivity index (χ2n) is 7.25. The van der Waals surface area contributed by atoms with Crippen molar-refractivity contribution in [2.24, 2.45) is 0 Å². The minimum atomic E-state index is -0.228. The van der Waals surface area contributed by atoms with Gasteiger partial charge >= 0.3 is 0 Å². The van der Waals surface area contributed by atoms with E-state index < -0.39 is 0 Å². The normalized spacial score (nSPS) is 16.9. The first kappa shape index (κ1) is 17.0. The average molecular weight is 375 g/mol. The summed E-state index contributed by atoms with van der Waals surface area (Å²) in [5.41, 5.74) is 2.60. The van der Waals surface area contributed by atoms with Crippen LogP contribution in [0.1, 0.15) is 24.0 Å². The van der Waals surface area contributed by atoms with Crippen LogP contribution < -0.4 is 5.56 Å². The van der Waals surface area contributed by atoms with Gasteiger partial charge < -0.3 is 9.84 Å². The number of hydrogen-bond acceptors (Lipinski definition) is 4. The third kappa shape index (κ3) is 2.77. The number of fused-ring (bicyclic) bond motifs is 3. The van der Waals surface area contributed by atoms with Gasteiger partial charge in [-0.25, -0.2) is 9.38 Å². The second-order valence-corrected chi connectivity index (χ2v) is 7.25. The summed E-state index contributed by atoms with van der Waals surface area (Å²) < 4.78 is 9.12. The molecule has 1 saturated heterocycles. The summed E-state index contributed by atoms with van der Waals surface area (Å²) in [4.78, 5) is 18.0. The molecule has 1 N–H and O–H groups in total. The molecule has 3 heterocycles. The highest BCUT2D eigenvalue weighted by Crippen LogP contribution is 2.25. The molecule has 1 unspecified atom stereocenters. The SMILES string of the molecule is O=c1c(Cc2ccccc2)c(O)n(CC2CCCO2)c2nc3ccccc3n12. The van der Waals surface area contributed by atoms with Crippen molar-refractivity contribution in [1.82, 2.24) is 14.0 Å². The van der Waals surface area contributed by atoms with Gasteiger partial charge in [-0.05, 0) is 30.5 Å². The minimum absolute atomic E-state index is 0.0154. The van der Waals surface area contributed by atoms with Crippen LogP contribution in [0.25, 0.3) is 16.8 Å². The Morgan fingerprint density at radius 1 is 1.11 bits per heavy atom. The Morgan fingerprint density at radius 3 is 2.68 bits per heavy atom. The molecule has 5 rings (SSSR count). The lowest BCUT2D eigenvalue weighted by atomic mass is 10.1. The standard InChI is InChI=1S/C22H21N3O3/c26-20-17(13-15-7-2-1-3-8-15)21(27)25-19-11-5-4-10-18(19)23-22(25)24(20)14-16-9-6-12-28-16/h1-5,7-8,10-11,16,26H,6,9,12-14H2. The van der Waals surface area contributed by atoms with Crippen molar-refractivity contribution in [1.29, 1.82) is 0 Å². The summed E-state index contributed by atoms with van der Waals surface area (Å²) in [6.07, 6.45) is 2.32. The summed E-state index contributed by atoms with van der Waals surface area (Å²) in [5, 5.41) is 11.1. The molecule has 2 aromatic heterocycles. The van der Waals surface area contributed by atoms with Crippen LogP contribution in [0.2, 0.25) is 0 Å². The first-order valence-electron chi connectivity index (χ1n) is 9.60. The number of imidazole rings is 1. The maximum atomic E-state index is 13.3. The maximum absolute atomic E-state index is 13.3. The van der Waals surface area contributed by atoms with E-state index in [-0.39, 0.29) is 17.5 Å². The Hall–Kier alpha value is -3.12. The minimum Gasteiger partial charge on any atom is -0.494 e. The van der Waals surface area contributed by atoms with Crippen molar-refractivity contribution < 1.29 is 9.84 Å². The third-order valence-electron chi connectivity index (χ3n) is 5.41. The van der Waals surface area contributed by atoms with Gasteiger partial charge in [0.25, 0.3) is 5.56 Å². The summed E-state index contributed by atoms with van der Waals surface area (Å²) in [6.45, 7) is 1.20. The molecule has 1 aliphatic rings. The first-order chi connectivity index (χ1) is 13.7. The maximum Gasteiger partial charge on any atom is 0.266 e. The topological polar surface area (TPSA) is 68.8 Å². The van der Waals surface area contributed by atoms with E-state index in [4.69, 9.17) is 4.74 Å². The van der Waals surface area contributed by atoms with Crippen LogP contribution in [0.3, 0.4) is 0 Å². The second kappa shape index (κ2) is 6.80. The molecule has 6 heteroatoms. The number of benzene rings is 2. The number of rotatable bonds is 4. The molecule has 28 heavy (non-hydrogen) atoms. The molecule has 4 aromatic rings. The van der Waals surface area contributed by atoms with Crippen LogP contribution in [0.5, 0.6) is 5.88 Å². The fourth-order valence-electron chi connectivity index (χ4n) is 4.00. The van der Waals surface area contributed by atoms with Gasteiger partial charge in [-0.15, -0.1) is 0 Å². The predicted octanol–water partition coefficient (Wildman–Crippen LogP) is 3.12. The van der Waals surface area contributed by atoms with E-state index in [1.165, 1.54) is 0 Å². The Labute approximate surface area is 161 Å². The summed E-state index contributed by atoms with van der Waals surface area (Å²) in [5.74, 6) is 0.433. The van der Waals surface area contributed by atoms with Crippen molar-refractivity contribution in [2.45, 2.75) is 31.9 Å². The van der Waals surface area contributed by atoms with Crippen LogP contribution in [0, 0.1) is 0 Å². The zero-order valence-corrected chi connectivity index (χ0v) is 15.4. The van der Waals surface area contributed by atoms with Gasteiger partial charge in [0.05, 0.1) is 29.2 Å². The molecule has 0 saturated carbocycles. The molecule has 0 radical (unpaired) electrons. The van der Waals surface area contributed by atoms with Crippen molar-refractivity contribution in [3.8, 4) is 5.88 Å². The lowest BCUT2D eigenvalue weighted by molar-refractivity contribution is 0.0953. The van der Waals surface area contributed by atoms with Crippen molar-refractivity contribution in [3.63, 3.8) is 0 Å². The Bertz CT molecular complexity index is 1200. The zero-order valence-electron chi connectivity index (χ0n) is 15.4. The average Bonchev–Trinajstić information content (AvgIpc) is 3.37. The largest absolute Gasteiger partial charge is 0.494 e. The van der Waals surface area contributed by atoms with Gasteiger partial charge in [0, 0.05) is 13.0 Å². The smallest absolute Gasteiger partial charge is 0.266 e. The Kier molecular flexibility index (Phi) is 4.13. The number of para-hydroxylation sites is 2. The fraction of sp³-hybridized carbons (Fsp3) is 0.273. The highest BCUT2D eigenvalue weighted by Gasteiger charge is 2.24. The van der Waals surface area contributed by atoms with E-state index in [1.807, 2.05) is 54.6 Å². The molecule has 1 atom stereocenters. The number of aromatic hydroxyl groups is 1. The molecule has 1 aliphatic heterocycles. The Morgan fingerprint density at radius 2 is 1.89 bits per heavy atom. The lowest BCUT2D eigenvalue weighted by Crippen LogP contribution is -2.26. The fourth-order valence-corrected chi connectivity index (χ4v) is 4.00. The van der Waals surface area contributed by atoms with Gasteiger partial charge in [-0.1, -0.05) is 42.5 Å². The van der Waals surface area contributed by atoms with E-state index >= 15 is 0 Å². The molecule has 1 fully saturated rings. The highest BCUT2D eigenvalue weighted by molar-refractivity contribution is 5.79. The van der Waals surface area contributed by atoms with Gasteiger partial charge in [0.2, 0.25) is 11.7 Å². The van der Waals surface area contributed by atoms with Crippen LogP contribution in [0.4, 0.5) is 0 Å². The third-order valence-corrected chi connectivity index (χ3v) is 5.41. The summed E-state index contributed by atoms with van der Waals surface area (Å²) in [6, 6.07) is 17.3. The predicted molar refractivity (Wildman–Crippen MR) is 107 cm³/mol. The quantitative estimate of drug-likeness (QED) is 0.595. The van der Waals surface area contributed by atoms with Crippen molar-refractivity contribution in [2.75, 3.05) is 6.61 Å². The van der Waals surface area contributed by atoms with E-state index in [0.29, 0.717) is 24.3 Å². The van der Waals surface area contributed by atoms with Crippen LogP contribution in [-0.4, -0.2) is 31.8 Å². The lowest BCUT2D eigenvalue weighted by Gasteiger charge is -2.17. The number of ether oxygens (including phenoxy) is 1. The number of aromatic nitrogens is 3. The molecule has 0 amide bonds. The van der Waals surface area contributed by atoms with Gasteiger partial charge in [-0.3, -0.25) is 9.36 Å². The summed E-state index contributed by atoms with van der Waals surface area (Å²) in [7, 11) is 0. The number of nitrogens with zero attached hydrogens (tertiary/aromatic N) is 3. The molecule has 0 spiro atoms. The zero-order chi connectivity index (χ0) is 19.1. The molecular weight excluding hydrogens is 354 g/mol. The van der Waals surface area contributed by atoms with Gasteiger partial charge in [-0.2, -0.15) is 0 Å². The highest BCUT2D eigenvalue weighted by atomic mass is 16.5. The first-order valence-corrected chi connectivity index (χ1v) is 9.60. The van der Waals surface area contributed by atoms with Crippen molar-refractivity contribution in [3.05, 3.63) is 76.1 Å². The molecular formula is C22H21N3O3. The molecule has 0 aliphatic carbocycles. The monoisotopic (exact) mass is 375 g/mol. The van der Waals surface area contributed by atoms with E-state index in [2.05, 4.69) is 4.98 Å². The van der Waals surface area contributed by atoms with Crippen molar-refractivity contribution >= 4 is 16.8 Å².